The summed E-state index contributed by atoms with van der Waals surface area (Å²) in [7, 11) is 2.16. The van der Waals surface area contributed by atoms with Gasteiger partial charge in [-0.15, -0.1) is 23.1 Å². The van der Waals surface area contributed by atoms with Crippen LogP contribution in [0.4, 0.5) is 30.5 Å². The highest BCUT2D eigenvalue weighted by Gasteiger charge is 2.38. The van der Waals surface area contributed by atoms with E-state index in [0.717, 1.165) is 60.4 Å². The zero-order valence-electron chi connectivity index (χ0n) is 24.9. The third kappa shape index (κ3) is 5.67. The number of halogens is 3. The first-order valence-corrected chi connectivity index (χ1v) is 16.8. The molecule has 8 nitrogen and oxygen atoms in total. The number of hydrogen-bond donors (Lipinski definition) is 1. The largest absolute Gasteiger partial charge is 0.420 e. The molecule has 0 spiro atoms. The SMILES string of the molecule is C[C@H]1CN(c2ccc(Nc3ncc(C(F)(F)F)c(-c4cc5c(s4)C(=O)N(C4COC4)CCS5)n3)c(C3CC3)c2)C[C@H](C)N1C. The molecule has 0 radical (unpaired) electrons. The Labute approximate surface area is 263 Å². The third-order valence-corrected chi connectivity index (χ3v) is 11.4. The number of rotatable bonds is 6. The molecule has 234 valence electrons. The number of piperazine rings is 1. The van der Waals surface area contributed by atoms with Gasteiger partial charge < -0.3 is 19.9 Å². The van der Waals surface area contributed by atoms with Gasteiger partial charge in [0.15, 0.2) is 0 Å². The van der Waals surface area contributed by atoms with Gasteiger partial charge in [0.2, 0.25) is 5.95 Å². The number of anilines is 3. The number of amides is 1. The summed E-state index contributed by atoms with van der Waals surface area (Å²) in [6.07, 6.45) is -1.66. The van der Waals surface area contributed by atoms with Gasteiger partial charge in [-0.05, 0) is 69.5 Å². The van der Waals surface area contributed by atoms with E-state index < -0.39 is 11.7 Å². The lowest BCUT2D eigenvalue weighted by Gasteiger charge is -2.43. The fourth-order valence-corrected chi connectivity index (χ4v) is 8.47. The molecular formula is C31H35F3N6O2S2. The molecule has 2 aromatic heterocycles. The van der Waals surface area contributed by atoms with Crippen LogP contribution >= 0.6 is 23.1 Å². The number of thioether (sulfide) groups is 1. The summed E-state index contributed by atoms with van der Waals surface area (Å²) in [5.41, 5.74) is 1.96. The summed E-state index contributed by atoms with van der Waals surface area (Å²) in [6.45, 7) is 7.89. The first kappa shape index (κ1) is 29.8. The van der Waals surface area contributed by atoms with Crippen molar-refractivity contribution in [1.29, 1.82) is 0 Å². The summed E-state index contributed by atoms with van der Waals surface area (Å²) in [5, 5.41) is 3.25. The van der Waals surface area contributed by atoms with E-state index in [4.69, 9.17) is 4.74 Å². The molecule has 3 fully saturated rings. The monoisotopic (exact) mass is 644 g/mol. The van der Waals surface area contributed by atoms with E-state index in [-0.39, 0.29) is 23.6 Å². The molecule has 3 aromatic rings. The van der Waals surface area contributed by atoms with Gasteiger partial charge >= 0.3 is 6.18 Å². The molecule has 3 aliphatic heterocycles. The van der Waals surface area contributed by atoms with Crippen LogP contribution in [0.15, 0.2) is 35.4 Å². The Bertz CT molecular complexity index is 1560. The maximum absolute atomic E-state index is 14.2. The number of nitrogens with zero attached hydrogens (tertiary/aromatic N) is 5. The van der Waals surface area contributed by atoms with E-state index in [1.807, 2.05) is 6.07 Å². The second-order valence-electron chi connectivity index (χ2n) is 12.2. The average Bonchev–Trinajstić information content (AvgIpc) is 3.74. The number of hydrogen-bond acceptors (Lipinski definition) is 9. The van der Waals surface area contributed by atoms with Crippen molar-refractivity contribution in [3.63, 3.8) is 0 Å². The van der Waals surface area contributed by atoms with Crippen molar-refractivity contribution in [3.8, 4) is 10.6 Å². The maximum atomic E-state index is 14.2. The zero-order chi connectivity index (χ0) is 30.7. The highest BCUT2D eigenvalue weighted by molar-refractivity contribution is 7.99. The summed E-state index contributed by atoms with van der Waals surface area (Å²) in [6, 6.07) is 8.82. The first-order chi connectivity index (χ1) is 21.1. The van der Waals surface area contributed by atoms with Crippen LogP contribution in [-0.4, -0.2) is 89.4 Å². The molecule has 0 unspecified atom stereocenters. The molecule has 1 aliphatic carbocycles. The van der Waals surface area contributed by atoms with Crippen molar-refractivity contribution in [1.82, 2.24) is 19.8 Å². The van der Waals surface area contributed by atoms with Gasteiger partial charge in [0.25, 0.3) is 5.91 Å². The number of benzene rings is 1. The molecule has 1 aromatic carbocycles. The van der Waals surface area contributed by atoms with Gasteiger partial charge in [-0.2, -0.15) is 13.2 Å². The Kier molecular flexibility index (Phi) is 7.79. The van der Waals surface area contributed by atoms with Crippen molar-refractivity contribution < 1.29 is 22.7 Å². The molecule has 7 rings (SSSR count). The van der Waals surface area contributed by atoms with Gasteiger partial charge in [-0.1, -0.05) is 0 Å². The maximum Gasteiger partial charge on any atom is 0.420 e. The second kappa shape index (κ2) is 11.5. The Morgan fingerprint density at radius 1 is 1.09 bits per heavy atom. The number of aromatic nitrogens is 2. The van der Waals surface area contributed by atoms with E-state index in [1.54, 1.807) is 11.0 Å². The van der Waals surface area contributed by atoms with Crippen LogP contribution in [0.1, 0.15) is 53.4 Å². The number of ether oxygens (including phenoxy) is 1. The summed E-state index contributed by atoms with van der Waals surface area (Å²) >= 11 is 2.56. The minimum absolute atomic E-state index is 0.00953. The minimum atomic E-state index is -4.65. The smallest absolute Gasteiger partial charge is 0.377 e. The standard InChI is InChI=1S/C31H35F3N6O2S2/c1-17-13-39(14-18(2)38(17)3)20-6-7-24(22(10-20)19-4-5-19)36-30-35-12-23(31(32,33)34)27(37-30)25-11-26-28(44-25)29(41)40(8-9-43-26)21-15-42-16-21/h6-7,10-12,17-19,21H,4-5,8-9,13-16H2,1-3H3,(H,35,36,37)/t17-,18-/m0/s1. The average molecular weight is 645 g/mol. The molecule has 0 bridgehead atoms. The number of carbonyl (C=O) groups excluding carboxylic acids is 1. The number of nitrogens with one attached hydrogen (secondary N) is 1. The quantitative estimate of drug-likeness (QED) is 0.334. The van der Waals surface area contributed by atoms with Gasteiger partial charge in [0, 0.05) is 59.9 Å². The van der Waals surface area contributed by atoms with Crippen LogP contribution in [0.5, 0.6) is 0 Å². The Morgan fingerprint density at radius 3 is 2.50 bits per heavy atom. The van der Waals surface area contributed by atoms with Crippen LogP contribution in [0.2, 0.25) is 0 Å². The number of thiophene rings is 1. The van der Waals surface area contributed by atoms with E-state index in [0.29, 0.717) is 58.2 Å². The predicted octanol–water partition coefficient (Wildman–Crippen LogP) is 6.32. The third-order valence-electron chi connectivity index (χ3n) is 9.16. The Hall–Kier alpha value is -2.87. The molecule has 2 saturated heterocycles. The number of carbonyl (C=O) groups is 1. The van der Waals surface area contributed by atoms with E-state index >= 15 is 0 Å². The van der Waals surface area contributed by atoms with Gasteiger partial charge in [-0.25, -0.2) is 9.97 Å². The molecule has 1 amide bonds. The van der Waals surface area contributed by atoms with Crippen molar-refractivity contribution in [2.45, 2.75) is 61.8 Å². The predicted molar refractivity (Wildman–Crippen MR) is 167 cm³/mol. The fraction of sp³-hybridized carbons (Fsp3) is 0.516. The Balaban J connectivity index is 1.20. The lowest BCUT2D eigenvalue weighted by molar-refractivity contribution is -0.137. The van der Waals surface area contributed by atoms with Crippen LogP contribution in [-0.2, 0) is 10.9 Å². The number of fused-ring (bicyclic) bond motifs is 1. The van der Waals surface area contributed by atoms with Gasteiger partial charge in [0.1, 0.15) is 10.4 Å². The number of likely N-dealkylation sites (N-methyl/N-ethyl adjacent to an activating group) is 1. The summed E-state index contributed by atoms with van der Waals surface area (Å²) in [4.78, 5) is 30.0. The Morgan fingerprint density at radius 2 is 1.84 bits per heavy atom. The highest BCUT2D eigenvalue weighted by Crippen LogP contribution is 2.47. The molecule has 13 heteroatoms. The van der Waals surface area contributed by atoms with Crippen LogP contribution < -0.4 is 10.2 Å². The lowest BCUT2D eigenvalue weighted by Crippen LogP contribution is -2.55. The summed E-state index contributed by atoms with van der Waals surface area (Å²) in [5.74, 6) is 1.00. The topological polar surface area (TPSA) is 73.8 Å². The molecule has 4 aliphatic rings. The van der Waals surface area contributed by atoms with Crippen LogP contribution in [0.25, 0.3) is 10.6 Å². The molecule has 1 saturated carbocycles. The molecule has 1 N–H and O–H groups in total. The number of alkyl halides is 3. The molecule has 2 atom stereocenters. The van der Waals surface area contributed by atoms with Crippen molar-refractivity contribution in [3.05, 3.63) is 46.5 Å². The first-order valence-electron chi connectivity index (χ1n) is 15.0. The van der Waals surface area contributed by atoms with E-state index in [2.05, 4.69) is 58.1 Å². The van der Waals surface area contributed by atoms with E-state index in [9.17, 15) is 18.0 Å². The highest BCUT2D eigenvalue weighted by atomic mass is 32.2. The van der Waals surface area contributed by atoms with Gasteiger partial charge in [0.05, 0.1) is 29.8 Å². The second-order valence-corrected chi connectivity index (χ2v) is 14.4. The fourth-order valence-electron chi connectivity index (χ4n) is 6.15. The normalized spacial score (nSPS) is 23.4. The van der Waals surface area contributed by atoms with E-state index in [1.165, 1.54) is 11.8 Å². The molecule has 5 heterocycles. The van der Waals surface area contributed by atoms with Crippen molar-refractivity contribution in [2.24, 2.45) is 0 Å². The lowest BCUT2D eigenvalue weighted by atomic mass is 10.0. The van der Waals surface area contributed by atoms with Crippen molar-refractivity contribution in [2.75, 3.05) is 55.9 Å². The van der Waals surface area contributed by atoms with Crippen molar-refractivity contribution >= 4 is 46.3 Å². The van der Waals surface area contributed by atoms with Gasteiger partial charge in [-0.3, -0.25) is 9.69 Å². The van der Waals surface area contributed by atoms with Crippen LogP contribution in [0.3, 0.4) is 0 Å². The zero-order valence-corrected chi connectivity index (χ0v) is 26.5. The van der Waals surface area contributed by atoms with Crippen LogP contribution in [0, 0.1) is 0 Å². The summed E-state index contributed by atoms with van der Waals surface area (Å²) < 4.78 is 47.9. The molecular weight excluding hydrogens is 610 g/mol. The minimum Gasteiger partial charge on any atom is -0.377 e. The molecule has 44 heavy (non-hydrogen) atoms.